The van der Waals surface area contributed by atoms with E-state index in [0.29, 0.717) is 5.39 Å². The molecule has 0 heterocycles. The van der Waals surface area contributed by atoms with Crippen molar-refractivity contribution in [3.8, 4) is 22.3 Å². The fourth-order valence-corrected chi connectivity index (χ4v) is 3.72. The molecule has 0 aliphatic rings. The molecule has 0 saturated heterocycles. The third kappa shape index (κ3) is 3.82. The van der Waals surface area contributed by atoms with E-state index in [0.717, 1.165) is 54.5 Å². The van der Waals surface area contributed by atoms with E-state index in [2.05, 4.69) is 6.92 Å². The lowest BCUT2D eigenvalue weighted by Gasteiger charge is -2.12. The quantitative estimate of drug-likeness (QED) is 0.293. The van der Waals surface area contributed by atoms with Crippen molar-refractivity contribution in [2.75, 3.05) is 0 Å². The van der Waals surface area contributed by atoms with Gasteiger partial charge in [0.2, 0.25) is 0 Å². The average Bonchev–Trinajstić information content (AvgIpc) is 2.73. The van der Waals surface area contributed by atoms with Crippen LogP contribution in [0.1, 0.15) is 25.3 Å². The maximum absolute atomic E-state index is 15.2. The molecule has 0 aromatic heterocycles. The van der Waals surface area contributed by atoms with Crippen LogP contribution in [0.25, 0.3) is 33.0 Å². The lowest BCUT2D eigenvalue weighted by molar-refractivity contribution is 0.589. The second-order valence-electron chi connectivity index (χ2n) is 7.41. The van der Waals surface area contributed by atoms with Crippen LogP contribution in [-0.2, 0) is 6.42 Å². The summed E-state index contributed by atoms with van der Waals surface area (Å²) in [6.45, 7) is 2.12. The van der Waals surface area contributed by atoms with Crippen molar-refractivity contribution in [2.45, 2.75) is 26.2 Å². The molecule has 0 bridgehead atoms. The van der Waals surface area contributed by atoms with Gasteiger partial charge >= 0.3 is 0 Å². The highest BCUT2D eigenvalue weighted by Crippen LogP contribution is 2.34. The lowest BCUT2D eigenvalue weighted by Crippen LogP contribution is -1.95. The highest BCUT2D eigenvalue weighted by molar-refractivity contribution is 5.89. The molecule has 4 aromatic rings. The average molecular weight is 408 g/mol. The summed E-state index contributed by atoms with van der Waals surface area (Å²) in [6, 6.07) is 16.0. The smallest absolute Gasteiger partial charge is 0.138 e. The standard InChI is InChI=1S/C26H20F4/c1-2-3-4-16-5-11-21-18(13-16)8-12-22(26(21)30)19-14-23(28)25(24(29)15-19)17-6-9-20(27)10-7-17/h5-15H,2-4H2,1H3. The van der Waals surface area contributed by atoms with Gasteiger partial charge in [-0.15, -0.1) is 0 Å². The molecule has 0 atom stereocenters. The summed E-state index contributed by atoms with van der Waals surface area (Å²) in [5.41, 5.74) is 1.34. The first-order valence-electron chi connectivity index (χ1n) is 9.94. The van der Waals surface area contributed by atoms with Gasteiger partial charge in [-0.1, -0.05) is 55.8 Å². The van der Waals surface area contributed by atoms with Crippen molar-refractivity contribution in [1.29, 1.82) is 0 Å². The van der Waals surface area contributed by atoms with E-state index in [4.69, 9.17) is 0 Å². The molecule has 4 rings (SSSR count). The molecule has 0 spiro atoms. The minimum atomic E-state index is -0.828. The van der Waals surface area contributed by atoms with Crippen molar-refractivity contribution < 1.29 is 17.6 Å². The fourth-order valence-electron chi connectivity index (χ4n) is 3.72. The summed E-state index contributed by atoms with van der Waals surface area (Å²) in [4.78, 5) is 0. The molecule has 0 radical (unpaired) electrons. The Morgan fingerprint density at radius 2 is 1.40 bits per heavy atom. The van der Waals surface area contributed by atoms with Crippen LogP contribution in [-0.4, -0.2) is 0 Å². The Morgan fingerprint density at radius 1 is 0.700 bits per heavy atom. The second kappa shape index (κ2) is 8.31. The van der Waals surface area contributed by atoms with Crippen LogP contribution in [0.5, 0.6) is 0 Å². The fraction of sp³-hybridized carbons (Fsp3) is 0.154. The predicted molar refractivity (Wildman–Crippen MR) is 113 cm³/mol. The van der Waals surface area contributed by atoms with Gasteiger partial charge in [0.1, 0.15) is 23.3 Å². The SMILES string of the molecule is CCCCc1ccc2c(F)c(-c3cc(F)c(-c4ccc(F)cc4)c(F)c3)ccc2c1. The largest absolute Gasteiger partial charge is 0.207 e. The molecular weight excluding hydrogens is 388 g/mol. The molecule has 4 heteroatoms. The van der Waals surface area contributed by atoms with Gasteiger partial charge in [0, 0.05) is 10.9 Å². The van der Waals surface area contributed by atoms with Crippen LogP contribution < -0.4 is 0 Å². The number of benzene rings is 4. The topological polar surface area (TPSA) is 0 Å². The predicted octanol–water partition coefficient (Wildman–Crippen LogP) is 8.07. The Labute approximate surface area is 172 Å². The molecule has 0 nitrogen and oxygen atoms in total. The van der Waals surface area contributed by atoms with Crippen molar-refractivity contribution in [2.24, 2.45) is 0 Å². The number of rotatable bonds is 5. The molecule has 152 valence electrons. The van der Waals surface area contributed by atoms with Gasteiger partial charge in [-0.3, -0.25) is 0 Å². The van der Waals surface area contributed by atoms with E-state index in [1.54, 1.807) is 18.2 Å². The van der Waals surface area contributed by atoms with Crippen molar-refractivity contribution >= 4 is 10.8 Å². The van der Waals surface area contributed by atoms with Crippen LogP contribution in [0.15, 0.2) is 66.7 Å². The monoisotopic (exact) mass is 408 g/mol. The molecule has 0 aliphatic heterocycles. The summed E-state index contributed by atoms with van der Waals surface area (Å²) in [6.07, 6.45) is 3.07. The maximum Gasteiger partial charge on any atom is 0.138 e. The zero-order valence-corrected chi connectivity index (χ0v) is 16.5. The number of hydrogen-bond acceptors (Lipinski definition) is 0. The Kier molecular flexibility index (Phi) is 5.58. The van der Waals surface area contributed by atoms with Crippen LogP contribution in [0.2, 0.25) is 0 Å². The Morgan fingerprint density at radius 3 is 2.07 bits per heavy atom. The van der Waals surface area contributed by atoms with Gasteiger partial charge in [-0.2, -0.15) is 0 Å². The Bertz CT molecular complexity index is 1190. The van der Waals surface area contributed by atoms with Gasteiger partial charge in [0.15, 0.2) is 0 Å². The first-order chi connectivity index (χ1) is 14.5. The van der Waals surface area contributed by atoms with E-state index >= 15 is 4.39 Å². The molecule has 0 aliphatic carbocycles. The summed E-state index contributed by atoms with van der Waals surface area (Å²) in [5, 5.41) is 1.17. The maximum atomic E-state index is 15.2. The summed E-state index contributed by atoms with van der Waals surface area (Å²) in [5.74, 6) is -2.66. The van der Waals surface area contributed by atoms with E-state index in [-0.39, 0.29) is 22.3 Å². The van der Waals surface area contributed by atoms with Crippen molar-refractivity contribution in [3.63, 3.8) is 0 Å². The number of unbranched alkanes of at least 4 members (excludes halogenated alkanes) is 1. The van der Waals surface area contributed by atoms with E-state index < -0.39 is 23.3 Å². The molecular formula is C26H20F4. The second-order valence-corrected chi connectivity index (χ2v) is 7.41. The minimum Gasteiger partial charge on any atom is -0.207 e. The third-order valence-electron chi connectivity index (χ3n) is 5.32. The molecule has 0 N–H and O–H groups in total. The van der Waals surface area contributed by atoms with Crippen molar-refractivity contribution in [1.82, 2.24) is 0 Å². The van der Waals surface area contributed by atoms with E-state index in [1.807, 2.05) is 12.1 Å². The van der Waals surface area contributed by atoms with E-state index in [1.165, 1.54) is 12.1 Å². The molecule has 4 aromatic carbocycles. The normalized spacial score (nSPS) is 11.2. The van der Waals surface area contributed by atoms with Crippen LogP contribution in [0, 0.1) is 23.3 Å². The van der Waals surface area contributed by atoms with Crippen LogP contribution in [0.3, 0.4) is 0 Å². The molecule has 30 heavy (non-hydrogen) atoms. The van der Waals surface area contributed by atoms with E-state index in [9.17, 15) is 13.2 Å². The minimum absolute atomic E-state index is 0.116. The van der Waals surface area contributed by atoms with Gasteiger partial charge in [0.25, 0.3) is 0 Å². The first-order valence-corrected chi connectivity index (χ1v) is 9.94. The summed E-state index contributed by atoms with van der Waals surface area (Å²) < 4.78 is 57.8. The Balaban J connectivity index is 1.76. The van der Waals surface area contributed by atoms with Crippen LogP contribution >= 0.6 is 0 Å². The van der Waals surface area contributed by atoms with Gasteiger partial charge in [-0.25, -0.2) is 17.6 Å². The third-order valence-corrected chi connectivity index (χ3v) is 5.32. The summed E-state index contributed by atoms with van der Waals surface area (Å²) in [7, 11) is 0. The van der Waals surface area contributed by atoms with Gasteiger partial charge < -0.3 is 0 Å². The zero-order chi connectivity index (χ0) is 21.3. The molecule has 0 fully saturated rings. The van der Waals surface area contributed by atoms with Crippen LogP contribution in [0.4, 0.5) is 17.6 Å². The van der Waals surface area contributed by atoms with Crippen molar-refractivity contribution in [3.05, 3.63) is 95.6 Å². The molecule has 0 unspecified atom stereocenters. The van der Waals surface area contributed by atoms with Gasteiger partial charge in [-0.05, 0) is 59.2 Å². The Hall–Kier alpha value is -3.14. The van der Waals surface area contributed by atoms with Gasteiger partial charge in [0.05, 0.1) is 5.56 Å². The number of fused-ring (bicyclic) bond motifs is 1. The number of hydrogen-bond donors (Lipinski definition) is 0. The number of halogens is 4. The summed E-state index contributed by atoms with van der Waals surface area (Å²) >= 11 is 0. The highest BCUT2D eigenvalue weighted by Gasteiger charge is 2.17. The number of aryl methyl sites for hydroxylation is 1. The molecule has 0 amide bonds. The highest BCUT2D eigenvalue weighted by atomic mass is 19.1. The first kappa shape index (κ1) is 20.1. The zero-order valence-electron chi connectivity index (χ0n) is 16.5. The molecule has 0 saturated carbocycles. The lowest BCUT2D eigenvalue weighted by atomic mass is 9.95.